The van der Waals surface area contributed by atoms with Crippen molar-refractivity contribution in [1.82, 2.24) is 10.2 Å². The molecule has 0 bridgehead atoms. The van der Waals surface area contributed by atoms with Crippen LogP contribution in [-0.2, 0) is 0 Å². The van der Waals surface area contributed by atoms with Gasteiger partial charge in [-0.2, -0.15) is 0 Å². The number of hydrogen-bond donors (Lipinski definition) is 1. The minimum Gasteiger partial charge on any atom is -0.357 e. The second-order valence-electron chi connectivity index (χ2n) is 4.88. The SMILES string of the molecule is CC(CN=C1NC(c2ccccc2)CS1)N(C)C. The van der Waals surface area contributed by atoms with Gasteiger partial charge in [0.1, 0.15) is 0 Å². The van der Waals surface area contributed by atoms with E-state index in [1.807, 2.05) is 11.8 Å². The smallest absolute Gasteiger partial charge is 0.157 e. The van der Waals surface area contributed by atoms with E-state index in [2.05, 4.69) is 66.6 Å². The fraction of sp³-hybridized carbons (Fsp3) is 0.500. The van der Waals surface area contributed by atoms with E-state index in [0.29, 0.717) is 12.1 Å². The molecule has 0 spiro atoms. The van der Waals surface area contributed by atoms with Gasteiger partial charge in [0.15, 0.2) is 5.17 Å². The largest absolute Gasteiger partial charge is 0.357 e. The maximum absolute atomic E-state index is 4.65. The Hall–Kier alpha value is -1.00. The van der Waals surface area contributed by atoms with Crippen LogP contribution in [0.4, 0.5) is 0 Å². The van der Waals surface area contributed by atoms with Crippen molar-refractivity contribution in [1.29, 1.82) is 0 Å². The standard InChI is InChI=1S/C14H21N3S/c1-11(17(2)3)9-15-14-16-13(10-18-14)12-7-5-4-6-8-12/h4-8,11,13H,9-10H2,1-3H3,(H,15,16). The van der Waals surface area contributed by atoms with E-state index >= 15 is 0 Å². The van der Waals surface area contributed by atoms with Crippen LogP contribution < -0.4 is 5.32 Å². The predicted octanol–water partition coefficient (Wildman–Crippen LogP) is 2.37. The van der Waals surface area contributed by atoms with Crippen molar-refractivity contribution in [2.24, 2.45) is 4.99 Å². The summed E-state index contributed by atoms with van der Waals surface area (Å²) in [5.74, 6) is 1.07. The van der Waals surface area contributed by atoms with E-state index in [4.69, 9.17) is 0 Å². The Kier molecular flexibility index (Phi) is 4.66. The Balaban J connectivity index is 1.90. The molecule has 1 aliphatic rings. The molecular weight excluding hydrogens is 242 g/mol. The van der Waals surface area contributed by atoms with Crippen LogP contribution in [0.3, 0.4) is 0 Å². The summed E-state index contributed by atoms with van der Waals surface area (Å²) in [7, 11) is 4.18. The van der Waals surface area contributed by atoms with Gasteiger partial charge in [-0.05, 0) is 26.6 Å². The molecule has 2 atom stereocenters. The van der Waals surface area contributed by atoms with E-state index < -0.39 is 0 Å². The zero-order chi connectivity index (χ0) is 13.0. The van der Waals surface area contributed by atoms with Gasteiger partial charge in [-0.15, -0.1) is 0 Å². The first-order valence-corrected chi connectivity index (χ1v) is 7.30. The van der Waals surface area contributed by atoms with E-state index in [-0.39, 0.29) is 0 Å². The molecule has 1 aromatic carbocycles. The highest BCUT2D eigenvalue weighted by atomic mass is 32.2. The molecule has 98 valence electrons. The number of rotatable bonds is 4. The van der Waals surface area contributed by atoms with Gasteiger partial charge < -0.3 is 10.2 Å². The van der Waals surface area contributed by atoms with Crippen molar-refractivity contribution in [3.05, 3.63) is 35.9 Å². The number of aliphatic imine (C=N–C) groups is 1. The van der Waals surface area contributed by atoms with Crippen LogP contribution in [0.25, 0.3) is 0 Å². The molecule has 1 saturated heterocycles. The molecule has 0 saturated carbocycles. The molecule has 1 heterocycles. The minimum atomic E-state index is 0.407. The lowest BCUT2D eigenvalue weighted by Gasteiger charge is -2.17. The van der Waals surface area contributed by atoms with Crippen molar-refractivity contribution >= 4 is 16.9 Å². The highest BCUT2D eigenvalue weighted by Gasteiger charge is 2.21. The molecule has 0 amide bonds. The first kappa shape index (κ1) is 13.4. The fourth-order valence-corrected chi connectivity index (χ4v) is 2.72. The molecule has 2 rings (SSSR count). The van der Waals surface area contributed by atoms with Gasteiger partial charge in [-0.3, -0.25) is 4.99 Å². The Morgan fingerprint density at radius 2 is 2.11 bits per heavy atom. The zero-order valence-electron chi connectivity index (χ0n) is 11.3. The Morgan fingerprint density at radius 1 is 1.39 bits per heavy atom. The van der Waals surface area contributed by atoms with Crippen molar-refractivity contribution in [3.63, 3.8) is 0 Å². The second-order valence-corrected chi connectivity index (χ2v) is 5.89. The summed E-state index contributed by atoms with van der Waals surface area (Å²) >= 11 is 1.82. The predicted molar refractivity (Wildman–Crippen MR) is 80.2 cm³/mol. The number of benzene rings is 1. The van der Waals surface area contributed by atoms with E-state index in [0.717, 1.165) is 17.5 Å². The monoisotopic (exact) mass is 263 g/mol. The third-order valence-electron chi connectivity index (χ3n) is 3.27. The minimum absolute atomic E-state index is 0.407. The normalized spacial score (nSPS) is 23.3. The molecule has 1 N–H and O–H groups in total. The van der Waals surface area contributed by atoms with Gasteiger partial charge in [0, 0.05) is 11.8 Å². The molecule has 18 heavy (non-hydrogen) atoms. The number of amidine groups is 1. The summed E-state index contributed by atoms with van der Waals surface area (Å²) in [5, 5.41) is 4.58. The first-order valence-electron chi connectivity index (χ1n) is 6.32. The topological polar surface area (TPSA) is 27.6 Å². The number of hydrogen-bond acceptors (Lipinski definition) is 3. The second kappa shape index (κ2) is 6.25. The maximum atomic E-state index is 4.65. The Morgan fingerprint density at radius 3 is 2.78 bits per heavy atom. The summed E-state index contributed by atoms with van der Waals surface area (Å²) in [4.78, 5) is 6.84. The Labute approximate surface area is 114 Å². The van der Waals surface area contributed by atoms with Crippen LogP contribution in [0.5, 0.6) is 0 Å². The lowest BCUT2D eigenvalue weighted by Crippen LogP contribution is -2.28. The number of likely N-dealkylation sites (N-methyl/N-ethyl adjacent to an activating group) is 1. The van der Waals surface area contributed by atoms with Gasteiger partial charge >= 0.3 is 0 Å². The first-order chi connectivity index (χ1) is 8.66. The number of nitrogens with one attached hydrogen (secondary N) is 1. The average Bonchev–Trinajstić information content (AvgIpc) is 2.85. The van der Waals surface area contributed by atoms with Crippen LogP contribution in [0.1, 0.15) is 18.5 Å². The van der Waals surface area contributed by atoms with Crippen LogP contribution in [0, 0.1) is 0 Å². The third kappa shape index (κ3) is 3.50. The molecule has 2 unspecified atom stereocenters. The third-order valence-corrected chi connectivity index (χ3v) is 4.29. The van der Waals surface area contributed by atoms with Crippen molar-refractivity contribution in [2.75, 3.05) is 26.4 Å². The lowest BCUT2D eigenvalue weighted by molar-refractivity contribution is 0.321. The molecule has 0 radical (unpaired) electrons. The van der Waals surface area contributed by atoms with Gasteiger partial charge in [0.25, 0.3) is 0 Å². The molecule has 1 fully saturated rings. The van der Waals surface area contributed by atoms with Crippen molar-refractivity contribution in [2.45, 2.75) is 19.0 Å². The number of thioether (sulfide) groups is 1. The van der Waals surface area contributed by atoms with Crippen LogP contribution in [-0.4, -0.2) is 42.5 Å². The fourth-order valence-electron chi connectivity index (χ4n) is 1.73. The highest BCUT2D eigenvalue weighted by Crippen LogP contribution is 2.25. The molecular formula is C14H21N3S. The van der Waals surface area contributed by atoms with Crippen LogP contribution in [0.15, 0.2) is 35.3 Å². The molecule has 1 aromatic rings. The number of nitrogens with zero attached hydrogens (tertiary/aromatic N) is 2. The molecule has 4 heteroatoms. The van der Waals surface area contributed by atoms with Crippen molar-refractivity contribution < 1.29 is 0 Å². The summed E-state index contributed by atoms with van der Waals surface area (Å²) in [6.07, 6.45) is 0. The van der Waals surface area contributed by atoms with Gasteiger partial charge in [0.2, 0.25) is 0 Å². The van der Waals surface area contributed by atoms with Gasteiger partial charge in [0.05, 0.1) is 12.6 Å². The Bertz CT molecular complexity index is 403. The zero-order valence-corrected chi connectivity index (χ0v) is 12.1. The summed E-state index contributed by atoms with van der Waals surface area (Å²) in [6.45, 7) is 3.04. The molecule has 3 nitrogen and oxygen atoms in total. The van der Waals surface area contributed by atoms with Crippen LogP contribution in [0.2, 0.25) is 0 Å². The van der Waals surface area contributed by atoms with Crippen LogP contribution >= 0.6 is 11.8 Å². The molecule has 1 aliphatic heterocycles. The van der Waals surface area contributed by atoms with Gasteiger partial charge in [-0.1, -0.05) is 42.1 Å². The molecule has 0 aromatic heterocycles. The molecule has 0 aliphatic carbocycles. The van der Waals surface area contributed by atoms with E-state index in [9.17, 15) is 0 Å². The quantitative estimate of drug-likeness (QED) is 0.904. The maximum Gasteiger partial charge on any atom is 0.157 e. The van der Waals surface area contributed by atoms with Gasteiger partial charge in [-0.25, -0.2) is 0 Å². The van der Waals surface area contributed by atoms with E-state index in [1.54, 1.807) is 0 Å². The summed E-state index contributed by atoms with van der Waals surface area (Å²) in [5.41, 5.74) is 1.34. The lowest BCUT2D eigenvalue weighted by atomic mass is 10.1. The highest BCUT2D eigenvalue weighted by molar-refractivity contribution is 8.14. The summed E-state index contributed by atoms with van der Waals surface area (Å²) < 4.78 is 0. The average molecular weight is 263 g/mol. The summed E-state index contributed by atoms with van der Waals surface area (Å²) in [6, 6.07) is 11.5. The van der Waals surface area contributed by atoms with Crippen molar-refractivity contribution in [3.8, 4) is 0 Å². The van der Waals surface area contributed by atoms with E-state index in [1.165, 1.54) is 5.56 Å².